The average molecular weight is 421 g/mol. The quantitative estimate of drug-likeness (QED) is 0.528. The first-order chi connectivity index (χ1) is 13.5. The highest BCUT2D eigenvalue weighted by Gasteiger charge is 2.21. The van der Waals surface area contributed by atoms with Crippen LogP contribution >= 0.6 is 22.5 Å². The van der Waals surface area contributed by atoms with Crippen molar-refractivity contribution < 1.29 is 9.53 Å². The van der Waals surface area contributed by atoms with E-state index in [-0.39, 0.29) is 16.8 Å². The molecule has 2 aromatic rings. The summed E-state index contributed by atoms with van der Waals surface area (Å²) < 4.78 is 9.35. The van der Waals surface area contributed by atoms with Gasteiger partial charge in [-0.1, -0.05) is 17.7 Å². The van der Waals surface area contributed by atoms with Crippen molar-refractivity contribution in [2.45, 2.75) is 6.54 Å². The number of rotatable bonds is 6. The van der Waals surface area contributed by atoms with Gasteiger partial charge in [-0.3, -0.25) is 4.98 Å². The summed E-state index contributed by atoms with van der Waals surface area (Å²) in [6.07, 6.45) is 1.55. The second-order valence-corrected chi connectivity index (χ2v) is 8.69. The van der Waals surface area contributed by atoms with E-state index in [1.807, 2.05) is 30.3 Å². The molecule has 8 heteroatoms. The van der Waals surface area contributed by atoms with Crippen molar-refractivity contribution in [1.82, 2.24) is 14.2 Å². The molecule has 1 aromatic carbocycles. The van der Waals surface area contributed by atoms with Crippen LogP contribution in [0.2, 0.25) is 5.02 Å². The number of likely N-dealkylation sites (N-methyl/N-ethyl adjacent to an activating group) is 1. The molecule has 28 heavy (non-hydrogen) atoms. The van der Waals surface area contributed by atoms with Gasteiger partial charge in [0.15, 0.2) is 0 Å². The van der Waals surface area contributed by atoms with Gasteiger partial charge < -0.3 is 13.9 Å². The first kappa shape index (κ1) is 20.8. The molecule has 6 nitrogen and oxygen atoms in total. The van der Waals surface area contributed by atoms with Crippen LogP contribution in [0, 0.1) is 0 Å². The first-order valence-electron chi connectivity index (χ1n) is 9.02. The van der Waals surface area contributed by atoms with Gasteiger partial charge in [0.1, 0.15) is 0 Å². The van der Waals surface area contributed by atoms with E-state index in [4.69, 9.17) is 16.3 Å². The molecule has 0 radical (unpaired) electrons. The van der Waals surface area contributed by atoms with Crippen molar-refractivity contribution in [3.8, 4) is 0 Å². The van der Waals surface area contributed by atoms with Crippen LogP contribution in [0.4, 0.5) is 5.69 Å². The van der Waals surface area contributed by atoms with Gasteiger partial charge in [0.2, 0.25) is 0 Å². The number of hydrogen-bond acceptors (Lipinski definition) is 6. The van der Waals surface area contributed by atoms with Crippen LogP contribution in [0.5, 0.6) is 0 Å². The molecule has 0 aliphatic carbocycles. The Morgan fingerprint density at radius 2 is 2.04 bits per heavy atom. The Kier molecular flexibility index (Phi) is 7.07. The van der Waals surface area contributed by atoms with E-state index >= 15 is 0 Å². The number of pyridine rings is 1. The number of anilines is 1. The molecule has 0 saturated carbocycles. The maximum Gasteiger partial charge on any atom is 0.339 e. The number of nitrogens with zero attached hydrogens (tertiary/aromatic N) is 4. The van der Waals surface area contributed by atoms with E-state index in [9.17, 15) is 4.79 Å². The van der Waals surface area contributed by atoms with Crippen LogP contribution in [0.15, 0.2) is 42.6 Å². The molecule has 1 aromatic heterocycles. The Morgan fingerprint density at radius 3 is 2.64 bits per heavy atom. The minimum absolute atomic E-state index is 0.385. The van der Waals surface area contributed by atoms with Crippen molar-refractivity contribution in [2.24, 2.45) is 0 Å². The number of aromatic nitrogens is 1. The summed E-state index contributed by atoms with van der Waals surface area (Å²) in [5, 5.41) is 0.687. The molecule has 1 aliphatic rings. The van der Waals surface area contributed by atoms with Crippen LogP contribution in [0.25, 0.3) is 0 Å². The third-order valence-electron chi connectivity index (χ3n) is 4.66. The minimum atomic E-state index is -0.389. The SMILES string of the molecule is C=S(N1CCN(C)CC1)N(Cc1ccc(C(=O)OC)cn1)c1cccc(Cl)c1. The van der Waals surface area contributed by atoms with Crippen LogP contribution in [0.1, 0.15) is 16.1 Å². The predicted molar refractivity (Wildman–Crippen MR) is 117 cm³/mol. The summed E-state index contributed by atoms with van der Waals surface area (Å²) in [7, 11) is 3.12. The van der Waals surface area contributed by atoms with Gasteiger partial charge in [-0.2, -0.15) is 0 Å². The molecule has 1 aliphatic heterocycles. The van der Waals surface area contributed by atoms with Gasteiger partial charge in [0, 0.05) is 43.1 Å². The van der Waals surface area contributed by atoms with Crippen LogP contribution in [0.3, 0.4) is 0 Å². The molecule has 1 saturated heterocycles. The lowest BCUT2D eigenvalue weighted by Crippen LogP contribution is -2.43. The summed E-state index contributed by atoms with van der Waals surface area (Å²) in [6.45, 7) is 4.55. The Hall–Kier alpha value is -1.93. The zero-order chi connectivity index (χ0) is 20.1. The lowest BCUT2D eigenvalue weighted by Gasteiger charge is -2.39. The molecule has 0 bridgehead atoms. The molecule has 1 fully saturated rings. The normalized spacial score (nSPS) is 16.5. The van der Waals surface area contributed by atoms with Crippen LogP contribution < -0.4 is 4.31 Å². The van der Waals surface area contributed by atoms with Crippen LogP contribution in [-0.4, -0.2) is 66.4 Å². The number of piperazine rings is 1. The molecule has 0 spiro atoms. The summed E-state index contributed by atoms with van der Waals surface area (Å²) in [4.78, 5) is 18.4. The molecule has 2 heterocycles. The van der Waals surface area contributed by atoms with Gasteiger partial charge in [-0.25, -0.2) is 9.10 Å². The zero-order valence-corrected chi connectivity index (χ0v) is 17.7. The fraction of sp³-hybridized carbons (Fsp3) is 0.350. The lowest BCUT2D eigenvalue weighted by atomic mass is 10.2. The molecule has 150 valence electrons. The number of ether oxygens (including phenoxy) is 1. The van der Waals surface area contributed by atoms with E-state index < -0.39 is 0 Å². The topological polar surface area (TPSA) is 48.9 Å². The second-order valence-electron chi connectivity index (χ2n) is 6.62. The summed E-state index contributed by atoms with van der Waals surface area (Å²) >= 11 is 6.24. The molecule has 1 atom stereocenters. The molecular weight excluding hydrogens is 396 g/mol. The number of carbonyl (C=O) groups is 1. The standard InChI is InChI=1S/C20H25ClN4O2S/c1-23-9-11-24(12-10-23)28(3)25(19-6-4-5-17(21)13-19)15-18-8-7-16(14-22-18)20(26)27-2/h4-8,13-14H,3,9-12,15H2,1-2H3. The van der Waals surface area contributed by atoms with Crippen molar-refractivity contribution in [2.75, 3.05) is 44.6 Å². The Labute approximate surface area is 173 Å². The molecular formula is C20H25ClN4O2S. The van der Waals surface area contributed by atoms with Gasteiger partial charge in [0.25, 0.3) is 0 Å². The van der Waals surface area contributed by atoms with Gasteiger partial charge in [-0.15, -0.1) is 0 Å². The number of halogens is 1. The zero-order valence-electron chi connectivity index (χ0n) is 16.2. The fourth-order valence-corrected chi connectivity index (χ4v) is 4.65. The predicted octanol–water partition coefficient (Wildman–Crippen LogP) is 3.31. The van der Waals surface area contributed by atoms with Crippen molar-refractivity contribution >= 4 is 40.0 Å². The van der Waals surface area contributed by atoms with Gasteiger partial charge in [-0.05, 0) is 54.1 Å². The fourth-order valence-electron chi connectivity index (χ4n) is 2.96. The monoisotopic (exact) mass is 420 g/mol. The summed E-state index contributed by atoms with van der Waals surface area (Å²) in [5.74, 6) is 4.08. The van der Waals surface area contributed by atoms with Gasteiger partial charge in [0.05, 0.1) is 24.9 Å². The van der Waals surface area contributed by atoms with Crippen molar-refractivity contribution in [3.63, 3.8) is 0 Å². The summed E-state index contributed by atoms with van der Waals surface area (Å²) in [6, 6.07) is 11.4. The lowest BCUT2D eigenvalue weighted by molar-refractivity contribution is 0.0600. The maximum atomic E-state index is 11.6. The van der Waals surface area contributed by atoms with Crippen molar-refractivity contribution in [3.05, 3.63) is 58.9 Å². The molecule has 0 N–H and O–H groups in total. The largest absolute Gasteiger partial charge is 0.465 e. The maximum absolute atomic E-state index is 11.6. The van der Waals surface area contributed by atoms with Crippen molar-refractivity contribution in [1.29, 1.82) is 0 Å². The van der Waals surface area contributed by atoms with E-state index in [0.29, 0.717) is 17.1 Å². The number of benzene rings is 1. The Balaban J connectivity index is 1.84. The van der Waals surface area contributed by atoms with E-state index in [1.54, 1.807) is 12.3 Å². The van der Waals surface area contributed by atoms with Crippen LogP contribution in [-0.2, 0) is 11.3 Å². The number of methoxy groups -OCH3 is 1. The highest BCUT2D eigenvalue weighted by molar-refractivity contribution is 8.13. The van der Waals surface area contributed by atoms with Gasteiger partial charge >= 0.3 is 5.97 Å². The third-order valence-corrected chi connectivity index (χ3v) is 6.71. The summed E-state index contributed by atoms with van der Waals surface area (Å²) in [5.41, 5.74) is 2.29. The van der Waals surface area contributed by atoms with E-state index in [0.717, 1.165) is 37.6 Å². The average Bonchev–Trinajstić information content (AvgIpc) is 2.72. The Morgan fingerprint density at radius 1 is 1.29 bits per heavy atom. The number of carbonyl (C=O) groups excluding carboxylic acids is 1. The highest BCUT2D eigenvalue weighted by atomic mass is 35.5. The minimum Gasteiger partial charge on any atom is -0.465 e. The first-order valence-corrected chi connectivity index (χ1v) is 10.7. The molecule has 3 rings (SSSR count). The van der Waals surface area contributed by atoms with E-state index in [1.165, 1.54) is 7.11 Å². The number of esters is 1. The smallest absolute Gasteiger partial charge is 0.339 e. The number of hydrogen-bond donors (Lipinski definition) is 0. The molecule has 0 amide bonds. The highest BCUT2D eigenvalue weighted by Crippen LogP contribution is 2.33. The molecule has 1 unspecified atom stereocenters. The Bertz CT molecular complexity index is 838. The third kappa shape index (κ3) is 5.11. The second kappa shape index (κ2) is 9.52. The van der Waals surface area contributed by atoms with E-state index in [2.05, 4.69) is 31.4 Å².